The first-order valence-corrected chi connectivity index (χ1v) is 28.2. The average molecular weight is 1100 g/mol. The Kier molecular flexibility index (Phi) is 34.2. The Hall–Kier alpha value is -4.45. The molecule has 22 heteroatoms. The molecule has 0 aliphatic carbocycles. The van der Waals surface area contributed by atoms with Gasteiger partial charge in [-0.05, 0) is 36.6 Å². The number of carbonyl (C=O) groups excluding carboxylic acids is 4. The normalized spacial score (nSPS) is 16.3. The summed E-state index contributed by atoms with van der Waals surface area (Å²) in [5.41, 5.74) is 3.45. The van der Waals surface area contributed by atoms with Gasteiger partial charge in [0.2, 0.25) is 17.7 Å². The number of para-hydroxylation sites is 1. The third kappa shape index (κ3) is 28.3. The Labute approximate surface area is 458 Å². The van der Waals surface area contributed by atoms with Crippen LogP contribution in [-0.4, -0.2) is 218 Å². The summed E-state index contributed by atoms with van der Waals surface area (Å²) in [6.07, 6.45) is 3.66. The van der Waals surface area contributed by atoms with Gasteiger partial charge in [0.05, 0.1) is 183 Å². The second-order valence-corrected chi connectivity index (χ2v) is 19.1. The first-order valence-electron chi connectivity index (χ1n) is 27.1. The standard InChI is InChI=1S/C55H83N5O16S/c61-51(12-6-5-11-50-54-48(44-77-50)58-55(64)59-54)57-18-20-66-22-24-68-26-28-70-30-32-72-34-36-74-38-40-76-42-41-75-39-37-73-35-33-71-31-29-69-27-25-67-23-21-65-19-16-52(62)56-17-15-53(63)60-43-47-9-2-1-7-45(47)13-14-46-8-3-4-10-49(46)60/h1-4,7-10,48,50,54H,5-6,11-12,15-44H2,(H,56,62)(H,57,61)(H2,58,59,64)/t48-,50-,54-/m0/s1. The number of nitrogens with zero attached hydrogens (tertiary/aromatic N) is 1. The molecular weight excluding hydrogens is 1020 g/mol. The highest BCUT2D eigenvalue weighted by Crippen LogP contribution is 2.33. The van der Waals surface area contributed by atoms with Crippen molar-refractivity contribution in [2.45, 2.75) is 62.4 Å². The summed E-state index contributed by atoms with van der Waals surface area (Å²) < 4.78 is 66.3. The van der Waals surface area contributed by atoms with E-state index in [1.165, 1.54) is 0 Å². The van der Waals surface area contributed by atoms with Gasteiger partial charge >= 0.3 is 6.03 Å². The van der Waals surface area contributed by atoms with Crippen LogP contribution in [0.5, 0.6) is 0 Å². The minimum atomic E-state index is -0.177. The number of hydrogen-bond acceptors (Lipinski definition) is 17. The molecule has 2 fully saturated rings. The highest BCUT2D eigenvalue weighted by molar-refractivity contribution is 8.00. The van der Waals surface area contributed by atoms with Crippen molar-refractivity contribution in [1.82, 2.24) is 21.3 Å². The van der Waals surface area contributed by atoms with Gasteiger partial charge in [-0.15, -0.1) is 0 Å². The molecular formula is C55H83N5O16S. The van der Waals surface area contributed by atoms with E-state index in [2.05, 4.69) is 33.1 Å². The molecule has 2 aromatic carbocycles. The molecule has 21 nitrogen and oxygen atoms in total. The van der Waals surface area contributed by atoms with E-state index in [1.54, 1.807) is 4.90 Å². The van der Waals surface area contributed by atoms with Crippen molar-refractivity contribution in [3.63, 3.8) is 0 Å². The minimum absolute atomic E-state index is 0.0361. The molecule has 430 valence electrons. The van der Waals surface area contributed by atoms with Crippen molar-refractivity contribution >= 4 is 41.2 Å². The lowest BCUT2D eigenvalue weighted by atomic mass is 10.0. The Balaban J connectivity index is 0.651. The number of unbranched alkanes of at least 4 members (excludes halogenated alkanes) is 1. The van der Waals surface area contributed by atoms with Crippen molar-refractivity contribution in [2.75, 3.05) is 182 Å². The van der Waals surface area contributed by atoms with Crippen LogP contribution >= 0.6 is 11.8 Å². The van der Waals surface area contributed by atoms with Crippen LogP contribution in [0.3, 0.4) is 0 Å². The van der Waals surface area contributed by atoms with Crippen LogP contribution in [0.2, 0.25) is 0 Å². The van der Waals surface area contributed by atoms with E-state index in [-0.39, 0.29) is 61.8 Å². The van der Waals surface area contributed by atoms with Gasteiger partial charge in [-0.2, -0.15) is 11.8 Å². The molecule has 5 rings (SSSR count). The predicted octanol–water partition coefficient (Wildman–Crippen LogP) is 2.87. The van der Waals surface area contributed by atoms with Gasteiger partial charge in [-0.25, -0.2) is 4.79 Å². The molecule has 5 amide bonds. The number of urea groups is 1. The number of rotatable bonds is 47. The SMILES string of the molecule is O=C(CCCC[C@@H]1SC[C@@H]2NC(=O)N[C@@H]21)NCCOCCOCCOCCOCCOCCOCCOCCOCCOCCOCCOCCOCCC(=O)NCCC(=O)N1Cc2ccccc2C#Cc2ccccc21. The topological polar surface area (TPSA) is 230 Å². The van der Waals surface area contributed by atoms with E-state index in [1.807, 2.05) is 60.3 Å². The lowest BCUT2D eigenvalue weighted by molar-refractivity contribution is -0.123. The predicted molar refractivity (Wildman–Crippen MR) is 289 cm³/mol. The lowest BCUT2D eigenvalue weighted by Crippen LogP contribution is -2.36. The van der Waals surface area contributed by atoms with Gasteiger partial charge in [-0.1, -0.05) is 48.6 Å². The Morgan fingerprint density at radius 3 is 1.49 bits per heavy atom. The number of anilines is 1. The zero-order valence-corrected chi connectivity index (χ0v) is 45.6. The molecule has 4 N–H and O–H groups in total. The van der Waals surface area contributed by atoms with Crippen LogP contribution in [0.4, 0.5) is 10.5 Å². The van der Waals surface area contributed by atoms with Crippen molar-refractivity contribution < 1.29 is 76.0 Å². The molecule has 0 radical (unpaired) electrons. The van der Waals surface area contributed by atoms with Crippen LogP contribution < -0.4 is 26.2 Å². The monoisotopic (exact) mass is 1100 g/mol. The second kappa shape index (κ2) is 41.6. The highest BCUT2D eigenvalue weighted by Gasteiger charge is 2.42. The third-order valence-corrected chi connectivity index (χ3v) is 13.6. The summed E-state index contributed by atoms with van der Waals surface area (Å²) in [6, 6.07) is 15.8. The van der Waals surface area contributed by atoms with Crippen LogP contribution in [0.25, 0.3) is 0 Å². The summed E-state index contributed by atoms with van der Waals surface area (Å²) in [7, 11) is 0. The van der Waals surface area contributed by atoms with Crippen molar-refractivity contribution in [2.24, 2.45) is 0 Å². The van der Waals surface area contributed by atoms with E-state index in [0.717, 1.165) is 47.4 Å². The zero-order valence-electron chi connectivity index (χ0n) is 44.8. The van der Waals surface area contributed by atoms with Gasteiger partial charge in [-0.3, -0.25) is 14.4 Å². The summed E-state index contributed by atoms with van der Waals surface area (Å²) in [5.74, 6) is 7.14. The van der Waals surface area contributed by atoms with Gasteiger partial charge in [0.25, 0.3) is 0 Å². The Morgan fingerprint density at radius 1 is 0.506 bits per heavy atom. The number of hydrogen-bond donors (Lipinski definition) is 4. The Morgan fingerprint density at radius 2 is 0.948 bits per heavy atom. The third-order valence-electron chi connectivity index (χ3n) is 12.0. The van der Waals surface area contributed by atoms with Crippen LogP contribution in [-0.2, 0) is 77.8 Å². The van der Waals surface area contributed by atoms with Gasteiger partial charge in [0, 0.05) is 54.5 Å². The molecule has 3 heterocycles. The molecule has 0 unspecified atom stereocenters. The largest absolute Gasteiger partial charge is 0.379 e. The molecule has 0 spiro atoms. The molecule has 2 aromatic rings. The van der Waals surface area contributed by atoms with E-state index in [9.17, 15) is 19.2 Å². The van der Waals surface area contributed by atoms with Gasteiger partial charge in [0.1, 0.15) is 0 Å². The summed E-state index contributed by atoms with van der Waals surface area (Å²) >= 11 is 1.90. The quantitative estimate of drug-likeness (QED) is 0.0424. The summed E-state index contributed by atoms with van der Waals surface area (Å²) in [6.45, 7) is 11.8. The molecule has 0 bridgehead atoms. The first kappa shape index (κ1) is 63.4. The van der Waals surface area contributed by atoms with Crippen LogP contribution in [0, 0.1) is 11.8 Å². The van der Waals surface area contributed by atoms with Crippen molar-refractivity contribution in [3.8, 4) is 11.8 Å². The van der Waals surface area contributed by atoms with E-state index < -0.39 is 0 Å². The van der Waals surface area contributed by atoms with Crippen LogP contribution in [0.1, 0.15) is 55.2 Å². The maximum Gasteiger partial charge on any atom is 0.315 e. The molecule has 3 aliphatic heterocycles. The first-order chi connectivity index (χ1) is 38.0. The van der Waals surface area contributed by atoms with E-state index >= 15 is 0 Å². The smallest absolute Gasteiger partial charge is 0.315 e. The second-order valence-electron chi connectivity index (χ2n) is 17.8. The maximum atomic E-state index is 13.3. The fourth-order valence-electron chi connectivity index (χ4n) is 8.05. The molecule has 0 saturated carbocycles. The lowest BCUT2D eigenvalue weighted by Gasteiger charge is -2.26. The number of nitrogens with one attached hydrogen (secondary N) is 4. The fraction of sp³-hybridized carbons (Fsp3) is 0.673. The van der Waals surface area contributed by atoms with Crippen LogP contribution in [0.15, 0.2) is 48.5 Å². The number of carbonyl (C=O) groups is 4. The Bertz CT molecular complexity index is 2010. The minimum Gasteiger partial charge on any atom is -0.379 e. The van der Waals surface area contributed by atoms with Crippen molar-refractivity contribution in [1.29, 1.82) is 0 Å². The molecule has 77 heavy (non-hydrogen) atoms. The van der Waals surface area contributed by atoms with Gasteiger partial charge in [0.15, 0.2) is 0 Å². The number of fused-ring (bicyclic) bond motifs is 3. The highest BCUT2D eigenvalue weighted by atomic mass is 32.2. The molecule has 2 saturated heterocycles. The number of thioether (sulfide) groups is 1. The zero-order chi connectivity index (χ0) is 54.1. The van der Waals surface area contributed by atoms with Gasteiger partial charge < -0.3 is 83.0 Å². The van der Waals surface area contributed by atoms with E-state index in [0.29, 0.717) is 177 Å². The fourth-order valence-corrected chi connectivity index (χ4v) is 9.59. The number of amides is 5. The average Bonchev–Trinajstić information content (AvgIpc) is 4.00. The molecule has 3 aliphatic rings. The van der Waals surface area contributed by atoms with Crippen molar-refractivity contribution in [3.05, 3.63) is 65.2 Å². The molecule has 0 aromatic heterocycles. The summed E-state index contributed by atoms with van der Waals surface area (Å²) in [4.78, 5) is 51.0. The maximum absolute atomic E-state index is 13.3. The summed E-state index contributed by atoms with van der Waals surface area (Å²) in [5, 5.41) is 12.1. The molecule has 3 atom stereocenters. The number of ether oxygens (including phenoxy) is 12. The van der Waals surface area contributed by atoms with E-state index in [4.69, 9.17) is 56.8 Å². The number of benzene rings is 2.